The molecule has 0 amide bonds. The van der Waals surface area contributed by atoms with Crippen molar-refractivity contribution in [3.05, 3.63) is 42.8 Å². The molecule has 1 rings (SSSR count). The quantitative estimate of drug-likeness (QED) is 0.759. The van der Waals surface area contributed by atoms with Crippen molar-refractivity contribution >= 4 is 11.5 Å². The summed E-state index contributed by atoms with van der Waals surface area (Å²) in [6.07, 6.45) is 7.17. The number of nitrogen functional groups attached to an aromatic ring is 1. The van der Waals surface area contributed by atoms with Crippen molar-refractivity contribution in [2.24, 2.45) is 11.7 Å². The molecule has 4 nitrogen and oxygen atoms in total. The lowest BCUT2D eigenvalue weighted by atomic mass is 10.0. The van der Waals surface area contributed by atoms with Gasteiger partial charge in [-0.3, -0.25) is 0 Å². The van der Waals surface area contributed by atoms with Gasteiger partial charge in [-0.25, -0.2) is 4.68 Å². The summed E-state index contributed by atoms with van der Waals surface area (Å²) in [5.41, 5.74) is 12.8. The summed E-state index contributed by atoms with van der Waals surface area (Å²) in [6.45, 7) is 8.06. The van der Waals surface area contributed by atoms with E-state index in [2.05, 4.69) is 25.5 Å². The fourth-order valence-corrected chi connectivity index (χ4v) is 1.21. The van der Waals surface area contributed by atoms with Gasteiger partial charge in [-0.15, -0.1) is 0 Å². The summed E-state index contributed by atoms with van der Waals surface area (Å²) in [7, 11) is 0. The third kappa shape index (κ3) is 3.02. The van der Waals surface area contributed by atoms with Crippen LogP contribution in [-0.4, -0.2) is 9.78 Å². The minimum absolute atomic E-state index is 0.386. The zero-order valence-electron chi connectivity index (χ0n) is 9.72. The first-order valence-electron chi connectivity index (χ1n) is 5.15. The molecule has 0 saturated carbocycles. The van der Waals surface area contributed by atoms with Crippen molar-refractivity contribution in [1.82, 2.24) is 9.78 Å². The first-order chi connectivity index (χ1) is 7.54. The molecule has 1 heterocycles. The van der Waals surface area contributed by atoms with Gasteiger partial charge in [-0.2, -0.15) is 5.10 Å². The van der Waals surface area contributed by atoms with Gasteiger partial charge in [0.2, 0.25) is 0 Å². The molecule has 0 aromatic carbocycles. The number of hydrogen-bond donors (Lipinski definition) is 2. The maximum absolute atomic E-state index is 5.52. The molecule has 1 aromatic rings. The third-order valence-electron chi connectivity index (χ3n) is 2.23. The largest absolute Gasteiger partial charge is 0.404 e. The van der Waals surface area contributed by atoms with Crippen molar-refractivity contribution in [3.63, 3.8) is 0 Å². The van der Waals surface area contributed by atoms with Crippen LogP contribution in [0.5, 0.6) is 0 Å². The van der Waals surface area contributed by atoms with E-state index in [-0.39, 0.29) is 0 Å². The van der Waals surface area contributed by atoms with Crippen LogP contribution in [0.1, 0.15) is 13.8 Å². The normalized spacial score (nSPS) is 12.6. The number of rotatable bonds is 4. The first kappa shape index (κ1) is 12.1. The topological polar surface area (TPSA) is 69.9 Å². The number of hydrogen-bond acceptors (Lipinski definition) is 3. The van der Waals surface area contributed by atoms with Gasteiger partial charge in [0, 0.05) is 12.3 Å². The molecule has 0 aliphatic rings. The molecular formula is C12H18N4. The molecule has 4 N–H and O–H groups in total. The van der Waals surface area contributed by atoms with Crippen LogP contribution in [0.25, 0.3) is 5.70 Å². The van der Waals surface area contributed by atoms with E-state index in [1.807, 2.05) is 12.2 Å². The summed E-state index contributed by atoms with van der Waals surface area (Å²) in [6, 6.07) is 1.72. The summed E-state index contributed by atoms with van der Waals surface area (Å²) >= 11 is 0. The van der Waals surface area contributed by atoms with E-state index in [0.29, 0.717) is 11.7 Å². The average Bonchev–Trinajstić information content (AvgIpc) is 2.65. The number of allylic oxidation sites excluding steroid dienone is 4. The second-order valence-corrected chi connectivity index (χ2v) is 3.83. The van der Waals surface area contributed by atoms with Crippen molar-refractivity contribution in [2.45, 2.75) is 13.8 Å². The average molecular weight is 218 g/mol. The van der Waals surface area contributed by atoms with E-state index >= 15 is 0 Å². The molecule has 0 aliphatic heterocycles. The minimum Gasteiger partial charge on any atom is -0.404 e. The fraction of sp³-hybridized carbons (Fsp3) is 0.250. The highest BCUT2D eigenvalue weighted by Crippen LogP contribution is 2.12. The smallest absolute Gasteiger partial charge is 0.145 e. The number of nitrogens with two attached hydrogens (primary N) is 2. The van der Waals surface area contributed by atoms with E-state index < -0.39 is 0 Å². The van der Waals surface area contributed by atoms with Crippen molar-refractivity contribution in [3.8, 4) is 0 Å². The maximum Gasteiger partial charge on any atom is 0.145 e. The van der Waals surface area contributed by atoms with Crippen LogP contribution in [-0.2, 0) is 0 Å². The zero-order valence-corrected chi connectivity index (χ0v) is 9.72. The van der Waals surface area contributed by atoms with Gasteiger partial charge in [-0.1, -0.05) is 26.5 Å². The number of anilines is 1. The van der Waals surface area contributed by atoms with Crippen LogP contribution >= 0.6 is 0 Å². The van der Waals surface area contributed by atoms with Crippen molar-refractivity contribution < 1.29 is 0 Å². The van der Waals surface area contributed by atoms with Gasteiger partial charge in [0.15, 0.2) is 0 Å². The Balaban J connectivity index is 2.75. The third-order valence-corrected chi connectivity index (χ3v) is 2.23. The van der Waals surface area contributed by atoms with Crippen molar-refractivity contribution in [1.29, 1.82) is 0 Å². The van der Waals surface area contributed by atoms with Crippen LogP contribution in [0, 0.1) is 5.92 Å². The Labute approximate surface area is 95.9 Å². The van der Waals surface area contributed by atoms with Crippen molar-refractivity contribution in [2.75, 3.05) is 5.73 Å². The molecule has 0 radical (unpaired) electrons. The zero-order chi connectivity index (χ0) is 12.1. The van der Waals surface area contributed by atoms with E-state index in [9.17, 15) is 0 Å². The van der Waals surface area contributed by atoms with Crippen LogP contribution in [0.3, 0.4) is 0 Å². The predicted octanol–water partition coefficient (Wildman–Crippen LogP) is 1.99. The second-order valence-electron chi connectivity index (χ2n) is 3.83. The molecular weight excluding hydrogens is 200 g/mol. The molecule has 16 heavy (non-hydrogen) atoms. The van der Waals surface area contributed by atoms with E-state index in [1.165, 1.54) is 0 Å². The predicted molar refractivity (Wildman–Crippen MR) is 68.2 cm³/mol. The maximum atomic E-state index is 5.52. The van der Waals surface area contributed by atoms with Gasteiger partial charge in [-0.05, 0) is 23.8 Å². The summed E-state index contributed by atoms with van der Waals surface area (Å²) < 4.78 is 1.63. The Hall–Kier alpha value is -1.97. The molecule has 0 saturated heterocycles. The summed E-state index contributed by atoms with van der Waals surface area (Å²) in [4.78, 5) is 0. The first-order valence-corrected chi connectivity index (χ1v) is 5.15. The van der Waals surface area contributed by atoms with E-state index in [1.54, 1.807) is 23.1 Å². The summed E-state index contributed by atoms with van der Waals surface area (Å²) in [5.74, 6) is 0.866. The SMILES string of the molecule is C=C(/C=C\C(=C/N)C(C)C)n1ccc(N)n1. The molecule has 0 spiro atoms. The lowest BCUT2D eigenvalue weighted by Gasteiger charge is -2.05. The van der Waals surface area contributed by atoms with Gasteiger partial charge < -0.3 is 11.5 Å². The lowest BCUT2D eigenvalue weighted by molar-refractivity contribution is 0.788. The molecule has 0 unspecified atom stereocenters. The monoisotopic (exact) mass is 218 g/mol. The molecule has 0 atom stereocenters. The van der Waals surface area contributed by atoms with E-state index in [4.69, 9.17) is 11.5 Å². The van der Waals surface area contributed by atoms with Gasteiger partial charge in [0.05, 0.1) is 5.70 Å². The molecule has 86 valence electrons. The molecule has 1 aromatic heterocycles. The van der Waals surface area contributed by atoms with Gasteiger partial charge in [0.1, 0.15) is 5.82 Å². The number of aromatic nitrogens is 2. The highest BCUT2D eigenvalue weighted by atomic mass is 15.3. The Morgan fingerprint density at radius 2 is 2.19 bits per heavy atom. The summed E-state index contributed by atoms with van der Waals surface area (Å²) in [5, 5.41) is 4.05. The Morgan fingerprint density at radius 1 is 1.50 bits per heavy atom. The molecule has 0 fully saturated rings. The Morgan fingerprint density at radius 3 is 2.62 bits per heavy atom. The van der Waals surface area contributed by atoms with Gasteiger partial charge >= 0.3 is 0 Å². The Bertz CT molecular complexity index is 424. The lowest BCUT2D eigenvalue weighted by Crippen LogP contribution is -1.97. The van der Waals surface area contributed by atoms with Crippen LogP contribution in [0.4, 0.5) is 5.82 Å². The highest BCUT2D eigenvalue weighted by Gasteiger charge is 1.99. The fourth-order valence-electron chi connectivity index (χ4n) is 1.21. The molecule has 0 aliphatic carbocycles. The molecule has 4 heteroatoms. The van der Waals surface area contributed by atoms with Gasteiger partial charge in [0.25, 0.3) is 0 Å². The molecule has 0 bridgehead atoms. The van der Waals surface area contributed by atoms with Crippen LogP contribution < -0.4 is 11.5 Å². The second kappa shape index (κ2) is 5.21. The van der Waals surface area contributed by atoms with Crippen LogP contribution in [0.2, 0.25) is 0 Å². The van der Waals surface area contributed by atoms with E-state index in [0.717, 1.165) is 11.3 Å². The number of nitrogens with zero attached hydrogens (tertiary/aromatic N) is 2. The Kier molecular flexibility index (Phi) is 3.94. The van der Waals surface area contributed by atoms with Crippen LogP contribution in [0.15, 0.2) is 42.8 Å². The highest BCUT2D eigenvalue weighted by molar-refractivity contribution is 5.55. The standard InChI is InChI=1S/C12H18N4/c1-9(2)11(8-13)5-4-10(3)16-7-6-12(14)15-16/h4-9H,3,13H2,1-2H3,(H2,14,15)/b5-4-,11-8+. The minimum atomic E-state index is 0.386.